The predicted octanol–water partition coefficient (Wildman–Crippen LogP) is 2.67. The number of hydrogen-bond acceptors (Lipinski definition) is 3. The number of carbonyl (C=O) groups is 1. The summed E-state index contributed by atoms with van der Waals surface area (Å²) in [5.74, 6) is 0. The van der Waals surface area contributed by atoms with Crippen molar-refractivity contribution < 1.29 is 9.53 Å². The van der Waals surface area contributed by atoms with Crippen molar-refractivity contribution in [1.29, 1.82) is 0 Å². The molecule has 2 saturated heterocycles. The number of hydrogen-bond donors (Lipinski definition) is 1. The SMILES string of the molecule is NC1CC2CCCC(C1)N2C(=O)OCc1ccccc1. The van der Waals surface area contributed by atoms with Crippen molar-refractivity contribution in [2.24, 2.45) is 5.73 Å². The van der Waals surface area contributed by atoms with Crippen molar-refractivity contribution in [2.75, 3.05) is 0 Å². The molecule has 0 radical (unpaired) electrons. The lowest BCUT2D eigenvalue weighted by Gasteiger charge is -2.47. The Bertz CT molecular complexity index is 449. The number of rotatable bonds is 2. The highest BCUT2D eigenvalue weighted by Gasteiger charge is 2.40. The van der Waals surface area contributed by atoms with E-state index >= 15 is 0 Å². The molecule has 1 aromatic rings. The molecule has 0 spiro atoms. The van der Waals surface area contributed by atoms with E-state index < -0.39 is 0 Å². The van der Waals surface area contributed by atoms with Gasteiger partial charge in [0, 0.05) is 18.1 Å². The van der Waals surface area contributed by atoms with Gasteiger partial charge >= 0.3 is 6.09 Å². The van der Waals surface area contributed by atoms with E-state index in [1.807, 2.05) is 35.2 Å². The zero-order chi connectivity index (χ0) is 13.9. The number of ether oxygens (including phenoxy) is 1. The van der Waals surface area contributed by atoms with Gasteiger partial charge in [-0.1, -0.05) is 30.3 Å². The number of nitrogens with zero attached hydrogens (tertiary/aromatic N) is 1. The van der Waals surface area contributed by atoms with Gasteiger partial charge in [0.15, 0.2) is 0 Å². The van der Waals surface area contributed by atoms with Gasteiger partial charge in [0.2, 0.25) is 0 Å². The van der Waals surface area contributed by atoms with E-state index in [1.54, 1.807) is 0 Å². The third-order valence-electron chi connectivity index (χ3n) is 4.43. The summed E-state index contributed by atoms with van der Waals surface area (Å²) >= 11 is 0. The Balaban J connectivity index is 1.62. The van der Waals surface area contributed by atoms with Gasteiger partial charge in [-0.05, 0) is 37.7 Å². The standard InChI is InChI=1S/C16H22N2O2/c17-13-9-14-7-4-8-15(10-13)18(14)16(19)20-11-12-5-2-1-3-6-12/h1-3,5-6,13-15H,4,7-11,17H2. The molecular formula is C16H22N2O2. The Kier molecular flexibility index (Phi) is 3.92. The van der Waals surface area contributed by atoms with Crippen LogP contribution in [-0.2, 0) is 11.3 Å². The van der Waals surface area contributed by atoms with Crippen LogP contribution in [0.3, 0.4) is 0 Å². The fourth-order valence-electron chi connectivity index (χ4n) is 3.52. The van der Waals surface area contributed by atoms with Gasteiger partial charge in [0.05, 0.1) is 0 Å². The van der Waals surface area contributed by atoms with Crippen LogP contribution in [-0.4, -0.2) is 29.1 Å². The number of piperidine rings is 2. The van der Waals surface area contributed by atoms with Crippen LogP contribution in [0.4, 0.5) is 4.79 Å². The van der Waals surface area contributed by atoms with Crippen molar-refractivity contribution in [3.8, 4) is 0 Å². The lowest BCUT2D eigenvalue weighted by Crippen LogP contribution is -2.57. The van der Waals surface area contributed by atoms with Gasteiger partial charge < -0.3 is 15.4 Å². The fourth-order valence-corrected chi connectivity index (χ4v) is 3.52. The van der Waals surface area contributed by atoms with Gasteiger partial charge in [-0.15, -0.1) is 0 Å². The van der Waals surface area contributed by atoms with Crippen LogP contribution in [0.2, 0.25) is 0 Å². The summed E-state index contributed by atoms with van der Waals surface area (Å²) in [6.45, 7) is 0.349. The molecule has 2 atom stereocenters. The topological polar surface area (TPSA) is 55.6 Å². The summed E-state index contributed by atoms with van der Waals surface area (Å²) in [6.07, 6.45) is 4.98. The summed E-state index contributed by atoms with van der Waals surface area (Å²) in [6, 6.07) is 10.6. The zero-order valence-electron chi connectivity index (χ0n) is 11.7. The summed E-state index contributed by atoms with van der Waals surface area (Å²) < 4.78 is 5.49. The minimum atomic E-state index is -0.171. The highest BCUT2D eigenvalue weighted by molar-refractivity contribution is 5.69. The normalized spacial score (nSPS) is 29.1. The Morgan fingerprint density at radius 3 is 2.50 bits per heavy atom. The molecule has 0 aliphatic carbocycles. The molecule has 108 valence electrons. The number of fused-ring (bicyclic) bond motifs is 2. The summed E-state index contributed by atoms with van der Waals surface area (Å²) in [5, 5.41) is 0. The highest BCUT2D eigenvalue weighted by Crippen LogP contribution is 2.33. The first-order chi connectivity index (χ1) is 9.74. The van der Waals surface area contributed by atoms with Crippen LogP contribution in [0.15, 0.2) is 30.3 Å². The minimum absolute atomic E-state index is 0.171. The van der Waals surface area contributed by atoms with Crippen LogP contribution < -0.4 is 5.73 Å². The molecule has 1 aromatic carbocycles. The third kappa shape index (κ3) is 2.80. The molecule has 2 fully saturated rings. The molecule has 2 unspecified atom stereocenters. The fraction of sp³-hybridized carbons (Fsp3) is 0.562. The molecular weight excluding hydrogens is 252 g/mol. The second-order valence-electron chi connectivity index (χ2n) is 5.92. The average Bonchev–Trinajstić information content (AvgIpc) is 2.45. The largest absolute Gasteiger partial charge is 0.445 e. The van der Waals surface area contributed by atoms with Crippen LogP contribution in [0.1, 0.15) is 37.7 Å². The van der Waals surface area contributed by atoms with E-state index in [-0.39, 0.29) is 24.2 Å². The van der Waals surface area contributed by atoms with E-state index in [4.69, 9.17) is 10.5 Å². The second kappa shape index (κ2) is 5.83. The molecule has 4 nitrogen and oxygen atoms in total. The van der Waals surface area contributed by atoms with Crippen molar-refractivity contribution in [3.05, 3.63) is 35.9 Å². The van der Waals surface area contributed by atoms with Gasteiger partial charge in [-0.25, -0.2) is 4.79 Å². The lowest BCUT2D eigenvalue weighted by molar-refractivity contribution is 0.0147. The molecule has 3 rings (SSSR count). The van der Waals surface area contributed by atoms with Crippen molar-refractivity contribution in [3.63, 3.8) is 0 Å². The molecule has 2 aliphatic rings. The highest BCUT2D eigenvalue weighted by atomic mass is 16.6. The third-order valence-corrected chi connectivity index (χ3v) is 4.43. The molecule has 0 aromatic heterocycles. The monoisotopic (exact) mass is 274 g/mol. The lowest BCUT2D eigenvalue weighted by atomic mass is 9.82. The van der Waals surface area contributed by atoms with Crippen molar-refractivity contribution in [1.82, 2.24) is 4.90 Å². The summed E-state index contributed by atoms with van der Waals surface area (Å²) in [7, 11) is 0. The molecule has 4 heteroatoms. The van der Waals surface area contributed by atoms with Gasteiger partial charge in [-0.2, -0.15) is 0 Å². The Labute approximate surface area is 119 Å². The molecule has 1 amide bonds. The molecule has 20 heavy (non-hydrogen) atoms. The Hall–Kier alpha value is -1.55. The predicted molar refractivity (Wildman–Crippen MR) is 77.1 cm³/mol. The number of benzene rings is 1. The molecule has 0 saturated carbocycles. The van der Waals surface area contributed by atoms with Crippen LogP contribution in [0.5, 0.6) is 0 Å². The quantitative estimate of drug-likeness (QED) is 0.902. The molecule has 2 heterocycles. The second-order valence-corrected chi connectivity index (χ2v) is 5.92. The van der Waals surface area contributed by atoms with E-state index in [2.05, 4.69) is 0 Å². The first-order valence-electron chi connectivity index (χ1n) is 7.48. The van der Waals surface area contributed by atoms with E-state index in [0.29, 0.717) is 6.61 Å². The first kappa shape index (κ1) is 13.4. The average molecular weight is 274 g/mol. The van der Waals surface area contributed by atoms with Gasteiger partial charge in [-0.3, -0.25) is 0 Å². The molecule has 2 N–H and O–H groups in total. The zero-order valence-corrected chi connectivity index (χ0v) is 11.7. The maximum Gasteiger partial charge on any atom is 0.410 e. The molecule has 2 aliphatic heterocycles. The van der Waals surface area contributed by atoms with E-state index in [9.17, 15) is 4.79 Å². The van der Waals surface area contributed by atoms with Gasteiger partial charge in [0.25, 0.3) is 0 Å². The molecule has 2 bridgehead atoms. The summed E-state index contributed by atoms with van der Waals surface area (Å²) in [4.78, 5) is 14.3. The summed E-state index contributed by atoms with van der Waals surface area (Å²) in [5.41, 5.74) is 7.10. The Morgan fingerprint density at radius 2 is 1.85 bits per heavy atom. The Morgan fingerprint density at radius 1 is 1.20 bits per heavy atom. The maximum absolute atomic E-state index is 12.4. The minimum Gasteiger partial charge on any atom is -0.445 e. The first-order valence-corrected chi connectivity index (χ1v) is 7.48. The van der Waals surface area contributed by atoms with Crippen molar-refractivity contribution in [2.45, 2.75) is 56.8 Å². The van der Waals surface area contributed by atoms with Crippen LogP contribution in [0, 0.1) is 0 Å². The van der Waals surface area contributed by atoms with Gasteiger partial charge in [0.1, 0.15) is 6.61 Å². The smallest absolute Gasteiger partial charge is 0.410 e. The van der Waals surface area contributed by atoms with Crippen molar-refractivity contribution >= 4 is 6.09 Å². The number of carbonyl (C=O) groups excluding carboxylic acids is 1. The number of nitrogens with two attached hydrogens (primary N) is 1. The van der Waals surface area contributed by atoms with E-state index in [1.165, 1.54) is 6.42 Å². The number of amides is 1. The van der Waals surface area contributed by atoms with Crippen LogP contribution >= 0.6 is 0 Å². The van der Waals surface area contributed by atoms with E-state index in [0.717, 1.165) is 31.2 Å². The maximum atomic E-state index is 12.4. The van der Waals surface area contributed by atoms with Crippen LogP contribution in [0.25, 0.3) is 0 Å².